The minimum Gasteiger partial charge on any atom is -0.508 e. The lowest BCUT2D eigenvalue weighted by atomic mass is 9.82. The molecular formula is C28H46O2. The third-order valence-corrected chi connectivity index (χ3v) is 7.28. The van der Waals surface area contributed by atoms with Crippen LogP contribution in [0, 0.1) is 17.8 Å². The number of hydrogen-bond donors (Lipinski definition) is 1. The summed E-state index contributed by atoms with van der Waals surface area (Å²) in [7, 11) is 0. The number of hydrogen-bond acceptors (Lipinski definition) is 2. The lowest BCUT2D eigenvalue weighted by molar-refractivity contribution is 0.108. The number of phenolic OH excluding ortho intramolecular Hbond substituents is 1. The van der Waals surface area contributed by atoms with Gasteiger partial charge in [-0.1, -0.05) is 72.6 Å². The predicted molar refractivity (Wildman–Crippen MR) is 130 cm³/mol. The van der Waals surface area contributed by atoms with E-state index in [1.54, 1.807) is 6.07 Å². The Bertz CT molecular complexity index is 703. The molecule has 0 saturated carbocycles. The van der Waals surface area contributed by atoms with Crippen molar-refractivity contribution < 1.29 is 9.84 Å². The fraction of sp³-hybridized carbons (Fsp3) is 0.714. The number of phenols is 1. The van der Waals surface area contributed by atoms with Gasteiger partial charge in [0.25, 0.3) is 0 Å². The van der Waals surface area contributed by atoms with Gasteiger partial charge in [-0.2, -0.15) is 0 Å². The van der Waals surface area contributed by atoms with Crippen LogP contribution in [0.3, 0.4) is 0 Å². The van der Waals surface area contributed by atoms with Crippen molar-refractivity contribution >= 4 is 5.57 Å². The molecule has 0 aliphatic carbocycles. The Labute approximate surface area is 186 Å². The van der Waals surface area contributed by atoms with Crippen LogP contribution in [-0.4, -0.2) is 10.7 Å². The largest absolute Gasteiger partial charge is 0.508 e. The van der Waals surface area contributed by atoms with Crippen molar-refractivity contribution in [2.75, 3.05) is 0 Å². The zero-order valence-electron chi connectivity index (χ0n) is 20.7. The summed E-state index contributed by atoms with van der Waals surface area (Å²) < 4.78 is 6.44. The number of fused-ring (bicyclic) bond motifs is 1. The molecule has 0 aromatic heterocycles. The summed E-state index contributed by atoms with van der Waals surface area (Å²) in [5.74, 6) is 3.71. The second-order valence-electron chi connectivity index (χ2n) is 10.6. The van der Waals surface area contributed by atoms with Crippen molar-refractivity contribution in [3.63, 3.8) is 0 Å². The van der Waals surface area contributed by atoms with Crippen molar-refractivity contribution in [1.29, 1.82) is 0 Å². The van der Waals surface area contributed by atoms with E-state index >= 15 is 0 Å². The molecule has 30 heavy (non-hydrogen) atoms. The van der Waals surface area contributed by atoms with Gasteiger partial charge < -0.3 is 9.84 Å². The molecular weight excluding hydrogens is 368 g/mol. The Morgan fingerprint density at radius 3 is 2.03 bits per heavy atom. The van der Waals surface area contributed by atoms with Crippen molar-refractivity contribution in [2.45, 2.75) is 112 Å². The van der Waals surface area contributed by atoms with E-state index in [0.717, 1.165) is 35.5 Å². The highest BCUT2D eigenvalue weighted by molar-refractivity contribution is 5.75. The van der Waals surface area contributed by atoms with E-state index in [1.807, 2.05) is 12.1 Å². The highest BCUT2D eigenvalue weighted by Crippen LogP contribution is 2.44. The maximum absolute atomic E-state index is 9.82. The van der Waals surface area contributed by atoms with Gasteiger partial charge in [0.2, 0.25) is 0 Å². The van der Waals surface area contributed by atoms with Gasteiger partial charge in [0, 0.05) is 5.56 Å². The van der Waals surface area contributed by atoms with Crippen LogP contribution in [-0.2, 0) is 0 Å². The fourth-order valence-corrected chi connectivity index (χ4v) is 4.82. The summed E-state index contributed by atoms with van der Waals surface area (Å²) in [6.45, 7) is 16.1. The molecule has 1 aliphatic rings. The molecule has 0 radical (unpaired) electrons. The van der Waals surface area contributed by atoms with E-state index in [0.29, 0.717) is 5.75 Å². The van der Waals surface area contributed by atoms with Crippen molar-refractivity contribution in [3.8, 4) is 11.5 Å². The second kappa shape index (κ2) is 11.3. The topological polar surface area (TPSA) is 29.5 Å². The van der Waals surface area contributed by atoms with E-state index in [4.69, 9.17) is 4.74 Å². The van der Waals surface area contributed by atoms with Gasteiger partial charge in [-0.15, -0.1) is 0 Å². The summed E-state index contributed by atoms with van der Waals surface area (Å²) in [4.78, 5) is 0. The molecule has 2 nitrogen and oxygen atoms in total. The Morgan fingerprint density at radius 1 is 0.867 bits per heavy atom. The summed E-state index contributed by atoms with van der Waals surface area (Å²) >= 11 is 0. The summed E-state index contributed by atoms with van der Waals surface area (Å²) in [6.07, 6.45) is 11.8. The lowest BCUT2D eigenvalue weighted by Crippen LogP contribution is -2.37. The molecule has 170 valence electrons. The molecule has 0 amide bonds. The lowest BCUT2D eigenvalue weighted by Gasteiger charge is -2.38. The van der Waals surface area contributed by atoms with Crippen molar-refractivity contribution in [1.82, 2.24) is 0 Å². The zero-order chi connectivity index (χ0) is 22.3. The molecule has 3 unspecified atom stereocenters. The Morgan fingerprint density at radius 2 is 1.43 bits per heavy atom. The van der Waals surface area contributed by atoms with E-state index < -0.39 is 0 Å². The fourth-order valence-electron chi connectivity index (χ4n) is 4.82. The van der Waals surface area contributed by atoms with Crippen molar-refractivity contribution in [2.24, 2.45) is 17.8 Å². The molecule has 2 rings (SSSR count). The average Bonchev–Trinajstić information content (AvgIpc) is 2.67. The van der Waals surface area contributed by atoms with Gasteiger partial charge in [0.05, 0.1) is 0 Å². The first kappa shape index (κ1) is 24.8. The Hall–Kier alpha value is -1.44. The first-order valence-electron chi connectivity index (χ1n) is 12.3. The van der Waals surface area contributed by atoms with Crippen LogP contribution in [0.25, 0.3) is 5.57 Å². The molecule has 1 N–H and O–H groups in total. The molecule has 1 aromatic rings. The van der Waals surface area contributed by atoms with Gasteiger partial charge in [0.1, 0.15) is 17.1 Å². The summed E-state index contributed by atoms with van der Waals surface area (Å²) in [6, 6.07) is 5.45. The number of ether oxygens (including phenoxy) is 1. The minimum absolute atomic E-state index is 0.237. The monoisotopic (exact) mass is 414 g/mol. The van der Waals surface area contributed by atoms with Crippen LogP contribution in [0.15, 0.2) is 23.8 Å². The molecule has 0 spiro atoms. The molecule has 0 saturated heterocycles. The Balaban J connectivity index is 1.74. The molecule has 3 atom stereocenters. The first-order chi connectivity index (χ1) is 14.1. The van der Waals surface area contributed by atoms with E-state index in [-0.39, 0.29) is 5.60 Å². The SMILES string of the molecule is CC1=C(C)C(C)(CCCC(C)CCCC(C)CCCC(C)C)Oc2ccc(O)cc21. The second-order valence-corrected chi connectivity index (χ2v) is 10.6. The van der Waals surface area contributed by atoms with Crippen LogP contribution in [0.5, 0.6) is 11.5 Å². The van der Waals surface area contributed by atoms with Gasteiger partial charge >= 0.3 is 0 Å². The van der Waals surface area contributed by atoms with Crippen LogP contribution in [0.4, 0.5) is 0 Å². The van der Waals surface area contributed by atoms with Crippen LogP contribution < -0.4 is 4.74 Å². The third kappa shape index (κ3) is 7.06. The highest BCUT2D eigenvalue weighted by atomic mass is 16.5. The van der Waals surface area contributed by atoms with Crippen LogP contribution in [0.2, 0.25) is 0 Å². The molecule has 0 bridgehead atoms. The number of benzene rings is 1. The Kier molecular flexibility index (Phi) is 9.31. The maximum Gasteiger partial charge on any atom is 0.128 e. The van der Waals surface area contributed by atoms with E-state index in [2.05, 4.69) is 48.5 Å². The standard InChI is InChI=1S/C28H46O2/c1-20(2)11-8-12-21(3)13-9-14-22(4)15-10-18-28(7)24(6)23(5)26-19-25(29)16-17-27(26)30-28/h16-17,19-22,29H,8-15,18H2,1-7H3. The maximum atomic E-state index is 9.82. The average molecular weight is 415 g/mol. The van der Waals surface area contributed by atoms with Crippen molar-refractivity contribution in [3.05, 3.63) is 29.3 Å². The van der Waals surface area contributed by atoms with Gasteiger partial charge in [-0.3, -0.25) is 0 Å². The number of rotatable bonds is 12. The van der Waals surface area contributed by atoms with E-state index in [9.17, 15) is 5.11 Å². The minimum atomic E-state index is -0.237. The normalized spacial score (nSPS) is 20.8. The highest BCUT2D eigenvalue weighted by Gasteiger charge is 2.34. The molecule has 1 heterocycles. The van der Waals surface area contributed by atoms with E-state index in [1.165, 1.54) is 62.5 Å². The number of allylic oxidation sites excluding steroid dienone is 1. The zero-order valence-corrected chi connectivity index (χ0v) is 20.7. The smallest absolute Gasteiger partial charge is 0.128 e. The molecule has 2 heteroatoms. The first-order valence-corrected chi connectivity index (χ1v) is 12.3. The molecule has 1 aliphatic heterocycles. The van der Waals surface area contributed by atoms with Gasteiger partial charge in [-0.05, 0) is 80.7 Å². The van der Waals surface area contributed by atoms with Crippen LogP contribution in [0.1, 0.15) is 112 Å². The molecule has 1 aromatic carbocycles. The summed E-state index contributed by atoms with van der Waals surface area (Å²) in [5.41, 5.74) is 3.33. The van der Waals surface area contributed by atoms with Crippen LogP contribution >= 0.6 is 0 Å². The quantitative estimate of drug-likeness (QED) is 0.370. The van der Waals surface area contributed by atoms with Gasteiger partial charge in [-0.25, -0.2) is 0 Å². The third-order valence-electron chi connectivity index (χ3n) is 7.28. The predicted octanol–water partition coefficient (Wildman–Crippen LogP) is 8.78. The van der Waals surface area contributed by atoms with Gasteiger partial charge in [0.15, 0.2) is 0 Å². The molecule has 0 fully saturated rings. The number of aromatic hydroxyl groups is 1. The summed E-state index contributed by atoms with van der Waals surface area (Å²) in [5, 5.41) is 9.82.